The number of methoxy groups -OCH3 is 1. The summed E-state index contributed by atoms with van der Waals surface area (Å²) < 4.78 is 43.8. The van der Waals surface area contributed by atoms with Gasteiger partial charge < -0.3 is 14.6 Å². The van der Waals surface area contributed by atoms with Gasteiger partial charge in [0, 0.05) is 6.07 Å². The largest absolute Gasteiger partial charge is 0.574 e. The molecule has 0 saturated carbocycles. The minimum atomic E-state index is -5.01. The topological polar surface area (TPSA) is 68.7 Å². The quantitative estimate of drug-likeness (QED) is 0.681. The van der Waals surface area contributed by atoms with Gasteiger partial charge in [0.25, 0.3) is 5.88 Å². The lowest BCUT2D eigenvalue weighted by Crippen LogP contribution is -2.19. The molecule has 0 aromatic carbocycles. The van der Waals surface area contributed by atoms with Crippen LogP contribution in [-0.2, 0) is 10.6 Å². The van der Waals surface area contributed by atoms with Crippen LogP contribution in [0.4, 0.5) is 13.2 Å². The fraction of sp³-hybridized carbons (Fsp3) is 0.333. The first-order valence-corrected chi connectivity index (χ1v) is 4.95. The maximum atomic E-state index is 12.0. The van der Waals surface area contributed by atoms with E-state index in [0.29, 0.717) is 0 Å². The van der Waals surface area contributed by atoms with Crippen molar-refractivity contribution in [3.05, 3.63) is 17.3 Å². The molecular weight excluding hydrogens is 279 g/mol. The predicted molar refractivity (Wildman–Crippen MR) is 53.5 cm³/mol. The van der Waals surface area contributed by atoms with Gasteiger partial charge in [-0.25, -0.2) is 9.78 Å². The molecule has 1 aromatic rings. The maximum Gasteiger partial charge on any atom is 0.574 e. The number of pyridine rings is 1. The van der Waals surface area contributed by atoms with E-state index in [9.17, 15) is 23.1 Å². The number of hydrogen-bond donors (Lipinski definition) is 1. The van der Waals surface area contributed by atoms with Gasteiger partial charge >= 0.3 is 12.3 Å². The van der Waals surface area contributed by atoms with Crippen LogP contribution in [-0.4, -0.2) is 29.5 Å². The number of halogens is 4. The Morgan fingerprint density at radius 3 is 2.61 bits per heavy atom. The van der Waals surface area contributed by atoms with Crippen molar-refractivity contribution in [2.45, 2.75) is 12.2 Å². The zero-order valence-electron chi connectivity index (χ0n) is 8.92. The lowest BCUT2D eigenvalue weighted by Gasteiger charge is -2.12. The van der Waals surface area contributed by atoms with Gasteiger partial charge in [-0.1, -0.05) is 0 Å². The van der Waals surface area contributed by atoms with Crippen LogP contribution in [0.1, 0.15) is 16.1 Å². The molecule has 0 amide bonds. The molecule has 0 spiro atoms. The SMILES string of the molecule is COC(=O)c1cc(O)c(OC(F)(F)F)nc1CCl. The highest BCUT2D eigenvalue weighted by Crippen LogP contribution is 2.31. The minimum absolute atomic E-state index is 0.194. The van der Waals surface area contributed by atoms with Gasteiger partial charge in [-0.15, -0.1) is 24.8 Å². The van der Waals surface area contributed by atoms with Gasteiger partial charge in [-0.3, -0.25) is 0 Å². The zero-order chi connectivity index (χ0) is 13.9. The summed E-state index contributed by atoms with van der Waals surface area (Å²) in [6, 6.07) is 0.748. The van der Waals surface area contributed by atoms with Crippen LogP contribution in [0.5, 0.6) is 11.6 Å². The molecule has 9 heteroatoms. The molecule has 0 saturated heterocycles. The van der Waals surface area contributed by atoms with Gasteiger partial charge in [-0.05, 0) is 0 Å². The Morgan fingerprint density at radius 2 is 2.17 bits per heavy atom. The molecule has 0 bridgehead atoms. The number of ether oxygens (including phenoxy) is 2. The first kappa shape index (κ1) is 14.4. The molecular formula is C9H7ClF3NO4. The van der Waals surface area contributed by atoms with Crippen LogP contribution in [0, 0.1) is 0 Å². The van der Waals surface area contributed by atoms with Crippen molar-refractivity contribution >= 4 is 17.6 Å². The lowest BCUT2D eigenvalue weighted by atomic mass is 10.2. The monoisotopic (exact) mass is 285 g/mol. The fourth-order valence-electron chi connectivity index (χ4n) is 1.10. The summed E-state index contributed by atoms with van der Waals surface area (Å²) >= 11 is 5.44. The van der Waals surface area contributed by atoms with Crippen LogP contribution >= 0.6 is 11.6 Å². The molecule has 0 atom stereocenters. The third-order valence-electron chi connectivity index (χ3n) is 1.79. The predicted octanol–water partition coefficient (Wildman–Crippen LogP) is 2.21. The van der Waals surface area contributed by atoms with Crippen LogP contribution in [0.25, 0.3) is 0 Å². The van der Waals surface area contributed by atoms with Crippen molar-refractivity contribution < 1.29 is 32.5 Å². The van der Waals surface area contributed by atoms with Gasteiger partial charge in [-0.2, -0.15) is 0 Å². The van der Waals surface area contributed by atoms with Crippen LogP contribution in [0.15, 0.2) is 6.07 Å². The normalized spacial score (nSPS) is 11.2. The van der Waals surface area contributed by atoms with Crippen LogP contribution in [0.3, 0.4) is 0 Å². The second kappa shape index (κ2) is 5.30. The van der Waals surface area contributed by atoms with E-state index in [-0.39, 0.29) is 17.1 Å². The molecule has 0 unspecified atom stereocenters. The molecule has 0 radical (unpaired) electrons. The molecule has 1 N–H and O–H groups in total. The molecule has 1 heterocycles. The first-order valence-electron chi connectivity index (χ1n) is 4.41. The van der Waals surface area contributed by atoms with E-state index in [1.54, 1.807) is 0 Å². The molecule has 1 aromatic heterocycles. The van der Waals surface area contributed by atoms with E-state index in [1.165, 1.54) is 0 Å². The molecule has 0 fully saturated rings. The Bertz CT molecular complexity index is 464. The average Bonchev–Trinajstić information content (AvgIpc) is 2.28. The standard InChI is InChI=1S/C9H7ClF3NO4/c1-17-8(16)4-2-6(15)7(14-5(4)3-10)18-9(11,12)13/h2,15H,3H2,1H3. The number of rotatable bonds is 3. The highest BCUT2D eigenvalue weighted by Gasteiger charge is 2.34. The van der Waals surface area contributed by atoms with E-state index in [0.717, 1.165) is 13.2 Å². The van der Waals surface area contributed by atoms with E-state index < -0.39 is 24.0 Å². The zero-order valence-corrected chi connectivity index (χ0v) is 9.67. The van der Waals surface area contributed by atoms with Crippen LogP contribution in [0.2, 0.25) is 0 Å². The lowest BCUT2D eigenvalue weighted by molar-refractivity contribution is -0.276. The number of carbonyl (C=O) groups excluding carboxylic acids is 1. The summed E-state index contributed by atoms with van der Waals surface area (Å²) in [4.78, 5) is 14.6. The van der Waals surface area contributed by atoms with E-state index >= 15 is 0 Å². The summed E-state index contributed by atoms with van der Waals surface area (Å²) in [7, 11) is 1.07. The molecule has 5 nitrogen and oxygen atoms in total. The summed E-state index contributed by atoms with van der Waals surface area (Å²) in [6.07, 6.45) is -5.01. The Kier molecular flexibility index (Phi) is 4.23. The summed E-state index contributed by atoms with van der Waals surface area (Å²) in [5.41, 5.74) is -0.430. The minimum Gasteiger partial charge on any atom is -0.503 e. The smallest absolute Gasteiger partial charge is 0.503 e. The second-order valence-corrected chi connectivity index (χ2v) is 3.25. The number of esters is 1. The van der Waals surface area contributed by atoms with Crippen molar-refractivity contribution in [2.75, 3.05) is 7.11 Å². The van der Waals surface area contributed by atoms with Crippen molar-refractivity contribution in [1.82, 2.24) is 4.98 Å². The average molecular weight is 286 g/mol. The maximum absolute atomic E-state index is 12.0. The summed E-state index contributed by atoms with van der Waals surface area (Å²) in [6.45, 7) is 0. The Labute approximate surface area is 104 Å². The van der Waals surface area contributed by atoms with Crippen molar-refractivity contribution in [3.8, 4) is 11.6 Å². The summed E-state index contributed by atoms with van der Waals surface area (Å²) in [5, 5.41) is 9.28. The number of nitrogens with zero attached hydrogens (tertiary/aromatic N) is 1. The molecule has 100 valence electrons. The Hall–Kier alpha value is -1.70. The second-order valence-electron chi connectivity index (χ2n) is 2.98. The van der Waals surface area contributed by atoms with E-state index in [4.69, 9.17) is 11.6 Å². The molecule has 0 aliphatic rings. The summed E-state index contributed by atoms with van der Waals surface area (Å²) in [5.74, 6) is -3.25. The van der Waals surface area contributed by atoms with E-state index in [1.807, 2.05) is 0 Å². The van der Waals surface area contributed by atoms with Crippen molar-refractivity contribution in [1.29, 1.82) is 0 Å². The Balaban J connectivity index is 3.22. The van der Waals surface area contributed by atoms with Gasteiger partial charge in [0.05, 0.1) is 24.2 Å². The number of aromatic nitrogens is 1. The van der Waals surface area contributed by atoms with Gasteiger partial charge in [0.1, 0.15) is 0 Å². The van der Waals surface area contributed by atoms with Crippen molar-refractivity contribution in [3.63, 3.8) is 0 Å². The highest BCUT2D eigenvalue weighted by molar-refractivity contribution is 6.17. The van der Waals surface area contributed by atoms with Crippen molar-refractivity contribution in [2.24, 2.45) is 0 Å². The molecule has 0 aliphatic carbocycles. The molecule has 1 rings (SSSR count). The molecule has 18 heavy (non-hydrogen) atoms. The first-order chi connectivity index (χ1) is 8.28. The van der Waals surface area contributed by atoms with E-state index in [2.05, 4.69) is 14.5 Å². The number of aromatic hydroxyl groups is 1. The Morgan fingerprint density at radius 1 is 1.56 bits per heavy atom. The number of hydrogen-bond acceptors (Lipinski definition) is 5. The van der Waals surface area contributed by atoms with Gasteiger partial charge in [0.15, 0.2) is 5.75 Å². The molecule has 0 aliphatic heterocycles. The number of carbonyl (C=O) groups is 1. The highest BCUT2D eigenvalue weighted by atomic mass is 35.5. The third kappa shape index (κ3) is 3.39. The van der Waals surface area contributed by atoms with Crippen LogP contribution < -0.4 is 4.74 Å². The fourth-order valence-corrected chi connectivity index (χ4v) is 1.30. The number of alkyl halides is 4. The third-order valence-corrected chi connectivity index (χ3v) is 2.05. The van der Waals surface area contributed by atoms with Gasteiger partial charge in [0.2, 0.25) is 0 Å².